The van der Waals surface area contributed by atoms with Gasteiger partial charge in [0.25, 0.3) is 0 Å². The first-order chi connectivity index (χ1) is 10.3. The van der Waals surface area contributed by atoms with Gasteiger partial charge in [0.05, 0.1) is 18.5 Å². The van der Waals surface area contributed by atoms with Gasteiger partial charge in [0.1, 0.15) is 0 Å². The van der Waals surface area contributed by atoms with E-state index in [4.69, 9.17) is 10.5 Å². The average molecular weight is 290 g/mol. The van der Waals surface area contributed by atoms with Crippen LogP contribution in [-0.2, 0) is 6.42 Å². The summed E-state index contributed by atoms with van der Waals surface area (Å²) in [5.41, 5.74) is 7.60. The van der Waals surface area contributed by atoms with Crippen LogP contribution in [-0.4, -0.2) is 38.8 Å². The van der Waals surface area contributed by atoms with Crippen LogP contribution < -0.4 is 15.8 Å². The van der Waals surface area contributed by atoms with Crippen LogP contribution in [0.3, 0.4) is 0 Å². The minimum Gasteiger partial charge on any atom is -0.462 e. The van der Waals surface area contributed by atoms with Crippen molar-refractivity contribution in [1.82, 2.24) is 24.9 Å². The number of nitrogen functional groups attached to an aromatic ring is 1. The zero-order valence-corrected chi connectivity index (χ0v) is 12.4. The highest BCUT2D eigenvalue weighted by Gasteiger charge is 2.18. The molecule has 0 radical (unpaired) electrons. The molecule has 114 valence electrons. The van der Waals surface area contributed by atoms with Crippen molar-refractivity contribution in [3.05, 3.63) is 11.9 Å². The number of nitrogens with two attached hydrogens (primary N) is 1. The normalized spacial score (nSPS) is 18.4. The number of nitrogens with one attached hydrogen (secondary N) is 1. The Hall–Kier alpha value is -1.89. The summed E-state index contributed by atoms with van der Waals surface area (Å²) in [4.78, 5) is 8.49. The fourth-order valence-corrected chi connectivity index (χ4v) is 2.62. The maximum absolute atomic E-state index is 5.95. The van der Waals surface area contributed by atoms with E-state index in [1.807, 2.05) is 6.20 Å². The molecule has 0 bridgehead atoms. The second-order valence-electron chi connectivity index (χ2n) is 5.46. The number of fused-ring (bicyclic) bond motifs is 1. The highest BCUT2D eigenvalue weighted by Crippen LogP contribution is 2.17. The quantitative estimate of drug-likeness (QED) is 0.776. The van der Waals surface area contributed by atoms with Gasteiger partial charge in [0.15, 0.2) is 11.5 Å². The van der Waals surface area contributed by atoms with Crippen LogP contribution >= 0.6 is 0 Å². The van der Waals surface area contributed by atoms with Gasteiger partial charge in [-0.3, -0.25) is 0 Å². The summed E-state index contributed by atoms with van der Waals surface area (Å²) < 4.78 is 7.33. The molecule has 1 fully saturated rings. The lowest BCUT2D eigenvalue weighted by molar-refractivity contribution is 0.280. The highest BCUT2D eigenvalue weighted by atomic mass is 16.5. The summed E-state index contributed by atoms with van der Waals surface area (Å²) in [6.07, 6.45) is 7.19. The summed E-state index contributed by atoms with van der Waals surface area (Å²) in [5.74, 6) is 0.363. The molecule has 0 amide bonds. The van der Waals surface area contributed by atoms with Gasteiger partial charge in [-0.15, -0.1) is 5.10 Å². The Labute approximate surface area is 123 Å². The molecule has 3 rings (SSSR count). The lowest BCUT2D eigenvalue weighted by Crippen LogP contribution is -2.24. The first-order valence-corrected chi connectivity index (χ1v) is 7.64. The minimum absolute atomic E-state index is 0.326. The lowest BCUT2D eigenvalue weighted by atomic mass is 10.1. The van der Waals surface area contributed by atoms with Crippen molar-refractivity contribution in [2.45, 2.75) is 45.1 Å². The summed E-state index contributed by atoms with van der Waals surface area (Å²) in [6, 6.07) is 0.817. The lowest BCUT2D eigenvalue weighted by Gasteiger charge is -2.10. The average Bonchev–Trinajstić information content (AvgIpc) is 3.11. The minimum atomic E-state index is 0.326. The molecule has 2 aromatic heterocycles. The van der Waals surface area contributed by atoms with E-state index in [2.05, 4.69) is 27.3 Å². The van der Waals surface area contributed by atoms with Crippen LogP contribution in [0.4, 0.5) is 5.82 Å². The van der Waals surface area contributed by atoms with Gasteiger partial charge in [-0.05, 0) is 25.8 Å². The highest BCUT2D eigenvalue weighted by molar-refractivity contribution is 5.59. The van der Waals surface area contributed by atoms with Gasteiger partial charge in [0, 0.05) is 12.5 Å². The van der Waals surface area contributed by atoms with Gasteiger partial charge >= 0.3 is 6.01 Å². The standard InChI is InChI=1S/C14H22N6O/c1-2-3-7-21-14-18-12(15)13-17-9-11(20(13)19-14)8-10-5-4-6-16-10/h9-10,16H,2-8H2,1H3,(H2,15,18,19). The number of imidazole rings is 1. The maximum Gasteiger partial charge on any atom is 0.336 e. The number of hydrogen-bond donors (Lipinski definition) is 2. The molecule has 1 unspecified atom stereocenters. The summed E-state index contributed by atoms with van der Waals surface area (Å²) in [5, 5.41) is 7.91. The molecule has 1 aliphatic heterocycles. The van der Waals surface area contributed by atoms with Crippen LogP contribution in [0.25, 0.3) is 5.65 Å². The Morgan fingerprint density at radius 3 is 3.19 bits per heavy atom. The fraction of sp³-hybridized carbons (Fsp3) is 0.643. The van der Waals surface area contributed by atoms with Gasteiger partial charge in [0.2, 0.25) is 0 Å². The number of anilines is 1. The molecule has 21 heavy (non-hydrogen) atoms. The van der Waals surface area contributed by atoms with E-state index in [1.165, 1.54) is 12.8 Å². The number of aromatic nitrogens is 4. The Morgan fingerprint density at radius 1 is 1.52 bits per heavy atom. The monoisotopic (exact) mass is 290 g/mol. The molecule has 7 nitrogen and oxygen atoms in total. The smallest absolute Gasteiger partial charge is 0.336 e. The number of nitrogens with zero attached hydrogens (tertiary/aromatic N) is 4. The molecule has 0 aliphatic carbocycles. The van der Waals surface area contributed by atoms with Crippen LogP contribution in [0.2, 0.25) is 0 Å². The predicted octanol–water partition coefficient (Wildman–Crippen LogP) is 1.18. The zero-order chi connectivity index (χ0) is 14.7. The van der Waals surface area contributed by atoms with E-state index in [0.29, 0.717) is 30.1 Å². The van der Waals surface area contributed by atoms with Gasteiger partial charge in [-0.1, -0.05) is 13.3 Å². The molecule has 7 heteroatoms. The van der Waals surface area contributed by atoms with Crippen molar-refractivity contribution in [2.75, 3.05) is 18.9 Å². The van der Waals surface area contributed by atoms with Crippen LogP contribution in [0, 0.1) is 0 Å². The number of ether oxygens (including phenoxy) is 1. The Morgan fingerprint density at radius 2 is 2.43 bits per heavy atom. The van der Waals surface area contributed by atoms with Crippen molar-refractivity contribution < 1.29 is 4.74 Å². The van der Waals surface area contributed by atoms with Crippen molar-refractivity contribution >= 4 is 11.5 Å². The number of rotatable bonds is 6. The molecule has 1 atom stereocenters. The summed E-state index contributed by atoms with van der Waals surface area (Å²) >= 11 is 0. The molecule has 3 N–H and O–H groups in total. The third kappa shape index (κ3) is 3.07. The number of hydrogen-bond acceptors (Lipinski definition) is 6. The van der Waals surface area contributed by atoms with E-state index in [0.717, 1.165) is 31.5 Å². The number of unbranched alkanes of at least 4 members (excludes halogenated alkanes) is 1. The van der Waals surface area contributed by atoms with Crippen LogP contribution in [0.1, 0.15) is 38.3 Å². The molecule has 1 saturated heterocycles. The molecule has 0 saturated carbocycles. The zero-order valence-electron chi connectivity index (χ0n) is 12.4. The predicted molar refractivity (Wildman–Crippen MR) is 80.3 cm³/mol. The van der Waals surface area contributed by atoms with Gasteiger partial charge < -0.3 is 15.8 Å². The van der Waals surface area contributed by atoms with E-state index in [1.54, 1.807) is 4.52 Å². The molecule has 1 aliphatic rings. The van der Waals surface area contributed by atoms with Crippen LogP contribution in [0.15, 0.2) is 6.20 Å². The molecule has 2 aromatic rings. The third-order valence-corrected chi connectivity index (χ3v) is 3.79. The topological polar surface area (TPSA) is 90.4 Å². The fourth-order valence-electron chi connectivity index (χ4n) is 2.62. The van der Waals surface area contributed by atoms with Gasteiger partial charge in [-0.2, -0.15) is 4.98 Å². The Bertz CT molecular complexity index is 605. The van der Waals surface area contributed by atoms with Crippen molar-refractivity contribution in [3.63, 3.8) is 0 Å². The van der Waals surface area contributed by atoms with Crippen molar-refractivity contribution in [2.24, 2.45) is 0 Å². The Kier molecular flexibility index (Phi) is 4.19. The van der Waals surface area contributed by atoms with Crippen LogP contribution in [0.5, 0.6) is 6.01 Å². The molecule has 3 heterocycles. The largest absolute Gasteiger partial charge is 0.462 e. The third-order valence-electron chi connectivity index (χ3n) is 3.79. The summed E-state index contributed by atoms with van der Waals surface area (Å²) in [6.45, 7) is 3.81. The molecular weight excluding hydrogens is 268 g/mol. The first-order valence-electron chi connectivity index (χ1n) is 7.64. The van der Waals surface area contributed by atoms with Gasteiger partial charge in [-0.25, -0.2) is 9.50 Å². The molecule has 0 spiro atoms. The van der Waals surface area contributed by atoms with E-state index < -0.39 is 0 Å². The van der Waals surface area contributed by atoms with E-state index >= 15 is 0 Å². The SMILES string of the molecule is CCCCOc1nc(N)c2ncc(CC3CCCN3)n2n1. The van der Waals surface area contributed by atoms with E-state index in [9.17, 15) is 0 Å². The van der Waals surface area contributed by atoms with Crippen molar-refractivity contribution in [1.29, 1.82) is 0 Å². The first kappa shape index (κ1) is 14.1. The Balaban J connectivity index is 1.83. The second kappa shape index (κ2) is 6.26. The van der Waals surface area contributed by atoms with Crippen molar-refractivity contribution in [3.8, 4) is 6.01 Å². The molecule has 0 aromatic carbocycles. The van der Waals surface area contributed by atoms with E-state index in [-0.39, 0.29) is 0 Å². The molecular formula is C14H22N6O. The summed E-state index contributed by atoms with van der Waals surface area (Å²) in [7, 11) is 0. The second-order valence-corrected chi connectivity index (χ2v) is 5.46. The maximum atomic E-state index is 5.95.